The van der Waals surface area contributed by atoms with Gasteiger partial charge in [0, 0.05) is 25.1 Å². The highest BCUT2D eigenvalue weighted by Crippen LogP contribution is 2.36. The standard InChI is InChI=1S/C18H20N2O/c1-3-20(4-2)18(19)15-10-9-14-11-13-7-5-6-8-16(13)21-17(14)12-15/h5-10,12,19H,3-4,11H2,1-2H3. The Morgan fingerprint density at radius 3 is 2.52 bits per heavy atom. The fourth-order valence-corrected chi connectivity index (χ4v) is 2.74. The second-order valence-electron chi connectivity index (χ2n) is 5.23. The van der Waals surface area contributed by atoms with Crippen LogP contribution in [-0.4, -0.2) is 23.8 Å². The van der Waals surface area contributed by atoms with Crippen LogP contribution in [0.3, 0.4) is 0 Å². The van der Waals surface area contributed by atoms with Gasteiger partial charge in [0.2, 0.25) is 0 Å². The summed E-state index contributed by atoms with van der Waals surface area (Å²) in [6, 6.07) is 14.2. The van der Waals surface area contributed by atoms with Crippen LogP contribution in [0.4, 0.5) is 0 Å². The van der Waals surface area contributed by atoms with E-state index >= 15 is 0 Å². The molecule has 2 aromatic rings. The monoisotopic (exact) mass is 280 g/mol. The lowest BCUT2D eigenvalue weighted by Gasteiger charge is -2.24. The van der Waals surface area contributed by atoms with Crippen LogP contribution in [0.2, 0.25) is 0 Å². The van der Waals surface area contributed by atoms with Crippen LogP contribution in [0.5, 0.6) is 11.5 Å². The molecule has 1 aliphatic heterocycles. The number of amidine groups is 1. The number of benzene rings is 2. The maximum Gasteiger partial charge on any atom is 0.131 e. The van der Waals surface area contributed by atoms with Gasteiger partial charge in [-0.1, -0.05) is 30.3 Å². The first kappa shape index (κ1) is 13.7. The molecule has 1 heterocycles. The highest BCUT2D eigenvalue weighted by atomic mass is 16.5. The van der Waals surface area contributed by atoms with E-state index in [2.05, 4.69) is 26.0 Å². The van der Waals surface area contributed by atoms with E-state index in [1.807, 2.05) is 35.2 Å². The molecule has 0 saturated carbocycles. The van der Waals surface area contributed by atoms with Gasteiger partial charge in [-0.15, -0.1) is 0 Å². The van der Waals surface area contributed by atoms with E-state index in [9.17, 15) is 0 Å². The van der Waals surface area contributed by atoms with E-state index in [1.54, 1.807) is 0 Å². The molecule has 0 aliphatic carbocycles. The Morgan fingerprint density at radius 1 is 1.05 bits per heavy atom. The maximum atomic E-state index is 8.32. The Labute approximate surface area is 125 Å². The maximum absolute atomic E-state index is 8.32. The first-order valence-electron chi connectivity index (χ1n) is 7.45. The second-order valence-corrected chi connectivity index (χ2v) is 5.23. The molecule has 3 nitrogen and oxygen atoms in total. The van der Waals surface area contributed by atoms with Crippen molar-refractivity contribution in [1.29, 1.82) is 5.41 Å². The Morgan fingerprint density at radius 2 is 1.76 bits per heavy atom. The van der Waals surface area contributed by atoms with Gasteiger partial charge in [-0.2, -0.15) is 0 Å². The van der Waals surface area contributed by atoms with Crippen LogP contribution >= 0.6 is 0 Å². The lowest BCUT2D eigenvalue weighted by molar-refractivity contribution is 0.455. The molecule has 0 saturated heterocycles. The molecular weight excluding hydrogens is 260 g/mol. The van der Waals surface area contributed by atoms with Crippen LogP contribution in [0, 0.1) is 5.41 Å². The fraction of sp³-hybridized carbons (Fsp3) is 0.278. The summed E-state index contributed by atoms with van der Waals surface area (Å²) in [7, 11) is 0. The zero-order valence-corrected chi connectivity index (χ0v) is 12.5. The molecule has 3 heteroatoms. The van der Waals surface area contributed by atoms with E-state index in [-0.39, 0.29) is 0 Å². The minimum atomic E-state index is 0.560. The number of rotatable bonds is 3. The van der Waals surface area contributed by atoms with Crippen LogP contribution in [0.15, 0.2) is 42.5 Å². The van der Waals surface area contributed by atoms with Gasteiger partial charge in [-0.3, -0.25) is 5.41 Å². The van der Waals surface area contributed by atoms with Crippen molar-refractivity contribution in [2.24, 2.45) is 0 Å². The number of nitrogens with one attached hydrogen (secondary N) is 1. The third-order valence-corrected chi connectivity index (χ3v) is 3.99. The fourth-order valence-electron chi connectivity index (χ4n) is 2.74. The SMILES string of the molecule is CCN(CC)C(=N)c1ccc2c(c1)Oc1ccccc1C2. The Balaban J connectivity index is 1.92. The zero-order valence-electron chi connectivity index (χ0n) is 12.5. The van der Waals surface area contributed by atoms with Gasteiger partial charge in [0.25, 0.3) is 0 Å². The van der Waals surface area contributed by atoms with Crippen molar-refractivity contribution in [3.8, 4) is 11.5 Å². The van der Waals surface area contributed by atoms with E-state index in [1.165, 1.54) is 11.1 Å². The van der Waals surface area contributed by atoms with Crippen molar-refractivity contribution in [2.45, 2.75) is 20.3 Å². The van der Waals surface area contributed by atoms with Crippen molar-refractivity contribution in [1.82, 2.24) is 4.90 Å². The lowest BCUT2D eigenvalue weighted by Crippen LogP contribution is -2.30. The molecule has 0 unspecified atom stereocenters. The number of para-hydroxylation sites is 1. The highest BCUT2D eigenvalue weighted by Gasteiger charge is 2.18. The molecule has 108 valence electrons. The van der Waals surface area contributed by atoms with Gasteiger partial charge < -0.3 is 9.64 Å². The summed E-state index contributed by atoms with van der Waals surface area (Å²) < 4.78 is 6.00. The van der Waals surface area contributed by atoms with Gasteiger partial charge >= 0.3 is 0 Å². The van der Waals surface area contributed by atoms with Gasteiger partial charge in [0.15, 0.2) is 0 Å². The average Bonchev–Trinajstić information content (AvgIpc) is 2.53. The highest BCUT2D eigenvalue weighted by molar-refractivity contribution is 5.96. The van der Waals surface area contributed by atoms with Crippen LogP contribution in [0.25, 0.3) is 0 Å². The third kappa shape index (κ3) is 2.51. The van der Waals surface area contributed by atoms with Crippen molar-refractivity contribution in [3.05, 3.63) is 59.2 Å². The molecule has 3 rings (SSSR count). The van der Waals surface area contributed by atoms with Crippen LogP contribution < -0.4 is 4.74 Å². The molecule has 0 fully saturated rings. The Kier molecular flexibility index (Phi) is 3.65. The number of fused-ring (bicyclic) bond motifs is 2. The predicted octanol–water partition coefficient (Wildman–Crippen LogP) is 4.05. The van der Waals surface area contributed by atoms with Crippen molar-refractivity contribution in [2.75, 3.05) is 13.1 Å². The Hall–Kier alpha value is -2.29. The molecule has 0 bridgehead atoms. The number of hydrogen-bond donors (Lipinski definition) is 1. The molecule has 2 aromatic carbocycles. The summed E-state index contributed by atoms with van der Waals surface area (Å²) in [5.41, 5.74) is 3.32. The molecule has 0 radical (unpaired) electrons. The van der Waals surface area contributed by atoms with E-state index < -0.39 is 0 Å². The van der Waals surface area contributed by atoms with Crippen molar-refractivity contribution < 1.29 is 4.74 Å². The molecule has 0 spiro atoms. The number of nitrogens with zero attached hydrogens (tertiary/aromatic N) is 1. The summed E-state index contributed by atoms with van der Waals surface area (Å²) >= 11 is 0. The number of ether oxygens (including phenoxy) is 1. The predicted molar refractivity (Wildman–Crippen MR) is 85.5 cm³/mol. The molecule has 1 N–H and O–H groups in total. The molecular formula is C18H20N2O. The van der Waals surface area contributed by atoms with Crippen LogP contribution in [0.1, 0.15) is 30.5 Å². The van der Waals surface area contributed by atoms with E-state index in [0.717, 1.165) is 36.6 Å². The zero-order chi connectivity index (χ0) is 14.8. The third-order valence-electron chi connectivity index (χ3n) is 3.99. The first-order chi connectivity index (χ1) is 10.2. The van der Waals surface area contributed by atoms with Gasteiger partial charge in [0.1, 0.15) is 17.3 Å². The molecule has 21 heavy (non-hydrogen) atoms. The molecule has 0 atom stereocenters. The topological polar surface area (TPSA) is 36.3 Å². The quantitative estimate of drug-likeness (QED) is 0.580. The normalized spacial score (nSPS) is 12.1. The molecule has 0 aromatic heterocycles. The molecule has 1 aliphatic rings. The van der Waals surface area contributed by atoms with Gasteiger partial charge in [0.05, 0.1) is 0 Å². The summed E-state index contributed by atoms with van der Waals surface area (Å²) in [6.45, 7) is 5.83. The van der Waals surface area contributed by atoms with Gasteiger partial charge in [-0.25, -0.2) is 0 Å². The Bertz CT molecular complexity index is 675. The lowest BCUT2D eigenvalue weighted by atomic mass is 9.98. The molecule has 0 amide bonds. The van der Waals surface area contributed by atoms with Crippen LogP contribution in [-0.2, 0) is 6.42 Å². The van der Waals surface area contributed by atoms with Gasteiger partial charge in [-0.05, 0) is 37.1 Å². The van der Waals surface area contributed by atoms with E-state index in [4.69, 9.17) is 10.1 Å². The summed E-state index contributed by atoms with van der Waals surface area (Å²) in [5, 5.41) is 8.32. The first-order valence-corrected chi connectivity index (χ1v) is 7.45. The minimum absolute atomic E-state index is 0.560. The number of hydrogen-bond acceptors (Lipinski definition) is 2. The average molecular weight is 280 g/mol. The second kappa shape index (κ2) is 5.60. The summed E-state index contributed by atoms with van der Waals surface area (Å²) in [4.78, 5) is 2.04. The minimum Gasteiger partial charge on any atom is -0.457 e. The largest absolute Gasteiger partial charge is 0.457 e. The summed E-state index contributed by atoms with van der Waals surface area (Å²) in [5.74, 6) is 2.37. The van der Waals surface area contributed by atoms with Crippen molar-refractivity contribution in [3.63, 3.8) is 0 Å². The van der Waals surface area contributed by atoms with Crippen molar-refractivity contribution >= 4 is 5.84 Å². The van der Waals surface area contributed by atoms with E-state index in [0.29, 0.717) is 5.84 Å². The smallest absolute Gasteiger partial charge is 0.131 e. The summed E-state index contributed by atoms with van der Waals surface area (Å²) in [6.07, 6.45) is 0.893.